The van der Waals surface area contributed by atoms with E-state index in [2.05, 4.69) is 10.6 Å². The summed E-state index contributed by atoms with van der Waals surface area (Å²) in [5, 5.41) is 6.14. The Morgan fingerprint density at radius 3 is 2.48 bits per heavy atom. The van der Waals surface area contributed by atoms with Crippen molar-refractivity contribution in [3.05, 3.63) is 76.7 Å². The van der Waals surface area contributed by atoms with Crippen molar-refractivity contribution in [3.63, 3.8) is 0 Å². The molecule has 3 rings (SSSR count). The van der Waals surface area contributed by atoms with Crippen molar-refractivity contribution < 1.29 is 14.0 Å². The fraction of sp³-hybridized carbons (Fsp3) is 0.143. The Labute approximate surface area is 182 Å². The summed E-state index contributed by atoms with van der Waals surface area (Å²) in [7, 11) is 0. The van der Waals surface area contributed by atoms with Gasteiger partial charge < -0.3 is 15.1 Å². The van der Waals surface area contributed by atoms with Crippen LogP contribution in [0.1, 0.15) is 23.9 Å². The highest BCUT2D eigenvalue weighted by atomic mass is 35.5. The quantitative estimate of drug-likeness (QED) is 0.413. The molecule has 29 heavy (non-hydrogen) atoms. The number of hydrogen-bond donors (Lipinski definition) is 2. The first-order valence-electron chi connectivity index (χ1n) is 8.83. The van der Waals surface area contributed by atoms with E-state index in [1.165, 1.54) is 18.0 Å². The molecule has 0 fully saturated rings. The van der Waals surface area contributed by atoms with Crippen molar-refractivity contribution in [1.82, 2.24) is 0 Å². The first-order valence-corrected chi connectivity index (χ1v) is 10.5. The van der Waals surface area contributed by atoms with Crippen LogP contribution < -0.4 is 10.6 Å². The first-order chi connectivity index (χ1) is 14.0. The molecule has 0 spiro atoms. The molecule has 1 unspecified atom stereocenters. The van der Waals surface area contributed by atoms with Crippen LogP contribution in [0.2, 0.25) is 10.0 Å². The van der Waals surface area contributed by atoms with Gasteiger partial charge >= 0.3 is 0 Å². The number of carbonyl (C=O) groups is 2. The first kappa shape index (κ1) is 21.3. The van der Waals surface area contributed by atoms with Gasteiger partial charge in [0.15, 0.2) is 5.76 Å². The third kappa shape index (κ3) is 5.79. The molecule has 3 aromatic rings. The second-order valence-electron chi connectivity index (χ2n) is 6.09. The smallest absolute Gasteiger partial charge is 0.291 e. The minimum absolute atomic E-state index is 0.138. The maximum atomic E-state index is 12.7. The molecule has 0 aliphatic carbocycles. The molecule has 5 nitrogen and oxygen atoms in total. The Hall–Kier alpha value is -2.41. The number of carbonyl (C=O) groups excluding carboxylic acids is 2. The van der Waals surface area contributed by atoms with Crippen LogP contribution in [-0.2, 0) is 4.79 Å². The number of amides is 2. The van der Waals surface area contributed by atoms with E-state index in [0.29, 0.717) is 27.8 Å². The molecule has 1 heterocycles. The third-order valence-electron chi connectivity index (χ3n) is 3.97. The maximum absolute atomic E-state index is 12.7. The zero-order valence-electron chi connectivity index (χ0n) is 15.4. The van der Waals surface area contributed by atoms with Crippen molar-refractivity contribution in [2.45, 2.75) is 23.5 Å². The monoisotopic (exact) mass is 448 g/mol. The number of thioether (sulfide) groups is 1. The zero-order chi connectivity index (χ0) is 20.8. The van der Waals surface area contributed by atoms with Gasteiger partial charge in [0.05, 0.1) is 21.6 Å². The third-order valence-corrected chi connectivity index (χ3v) is 6.06. The van der Waals surface area contributed by atoms with Gasteiger partial charge in [-0.25, -0.2) is 0 Å². The fourth-order valence-corrected chi connectivity index (χ4v) is 3.84. The van der Waals surface area contributed by atoms with Gasteiger partial charge in [-0.05, 0) is 55.0 Å². The highest BCUT2D eigenvalue weighted by Crippen LogP contribution is 2.30. The van der Waals surface area contributed by atoms with Crippen LogP contribution in [0.5, 0.6) is 0 Å². The van der Waals surface area contributed by atoms with Crippen LogP contribution in [0.25, 0.3) is 0 Å². The lowest BCUT2D eigenvalue weighted by Crippen LogP contribution is -2.24. The molecule has 8 heteroatoms. The second-order valence-corrected chi connectivity index (χ2v) is 8.18. The Bertz CT molecular complexity index is 1010. The molecule has 2 N–H and O–H groups in total. The van der Waals surface area contributed by atoms with E-state index in [1.54, 1.807) is 36.4 Å². The topological polar surface area (TPSA) is 71.3 Å². The lowest BCUT2D eigenvalue weighted by Gasteiger charge is -2.15. The lowest BCUT2D eigenvalue weighted by molar-refractivity contribution is -0.115. The Kier molecular flexibility index (Phi) is 7.25. The number of hydrogen-bond acceptors (Lipinski definition) is 4. The minimum Gasteiger partial charge on any atom is -0.459 e. The molecule has 0 saturated heterocycles. The molecule has 150 valence electrons. The summed E-state index contributed by atoms with van der Waals surface area (Å²) < 4.78 is 5.10. The molecule has 1 atom stereocenters. The van der Waals surface area contributed by atoms with E-state index in [1.807, 2.05) is 25.1 Å². The van der Waals surface area contributed by atoms with Crippen LogP contribution in [0.4, 0.5) is 11.4 Å². The van der Waals surface area contributed by atoms with Crippen LogP contribution in [-0.4, -0.2) is 17.1 Å². The summed E-state index contributed by atoms with van der Waals surface area (Å²) >= 11 is 13.3. The van der Waals surface area contributed by atoms with Crippen LogP contribution >= 0.6 is 35.0 Å². The maximum Gasteiger partial charge on any atom is 0.291 e. The van der Waals surface area contributed by atoms with E-state index in [9.17, 15) is 9.59 Å². The highest BCUT2D eigenvalue weighted by molar-refractivity contribution is 8.00. The molecular weight excluding hydrogens is 431 g/mol. The number of halogens is 2. The summed E-state index contributed by atoms with van der Waals surface area (Å²) in [6, 6.07) is 15.5. The number of benzene rings is 2. The lowest BCUT2D eigenvalue weighted by atomic mass is 10.2. The van der Waals surface area contributed by atoms with Crippen molar-refractivity contribution >= 4 is 58.2 Å². The van der Waals surface area contributed by atoms with E-state index < -0.39 is 0 Å². The molecule has 2 aromatic carbocycles. The molecular formula is C21H18Cl2N2O3S. The Morgan fingerprint density at radius 2 is 1.79 bits per heavy atom. The van der Waals surface area contributed by atoms with E-state index in [0.717, 1.165) is 4.90 Å². The zero-order valence-corrected chi connectivity index (χ0v) is 17.8. The Balaban J connectivity index is 1.66. The number of anilines is 2. The molecule has 2 amide bonds. The van der Waals surface area contributed by atoms with Gasteiger partial charge in [0.1, 0.15) is 0 Å². The predicted molar refractivity (Wildman–Crippen MR) is 118 cm³/mol. The predicted octanol–water partition coefficient (Wildman–Crippen LogP) is 6.35. The SMILES string of the molecule is CCC(Sc1cccc(NC(=O)c2ccco2)c1)C(=O)Nc1ccc(Cl)c(Cl)c1. The van der Waals surface area contributed by atoms with Gasteiger partial charge in [0.2, 0.25) is 5.91 Å². The number of furan rings is 1. The van der Waals surface area contributed by atoms with Crippen LogP contribution in [0.15, 0.2) is 70.2 Å². The summed E-state index contributed by atoms with van der Waals surface area (Å²) in [5.41, 5.74) is 1.21. The normalized spacial score (nSPS) is 11.7. The summed E-state index contributed by atoms with van der Waals surface area (Å²) in [4.78, 5) is 25.7. The average Bonchev–Trinajstić information content (AvgIpc) is 3.24. The van der Waals surface area contributed by atoms with E-state index >= 15 is 0 Å². The standard InChI is InChI=1S/C21H18Cl2N2O3S/c1-2-19(21(27)25-14-8-9-16(22)17(23)12-14)29-15-6-3-5-13(11-15)24-20(26)18-7-4-10-28-18/h3-12,19H,2H2,1H3,(H,24,26)(H,25,27). The van der Waals surface area contributed by atoms with E-state index in [4.69, 9.17) is 27.6 Å². The average molecular weight is 449 g/mol. The molecule has 1 aromatic heterocycles. The minimum atomic E-state index is -0.332. The molecule has 0 saturated carbocycles. The molecule has 0 aliphatic rings. The van der Waals surface area contributed by atoms with Gasteiger partial charge in [0, 0.05) is 16.3 Å². The van der Waals surface area contributed by atoms with Gasteiger partial charge in [-0.15, -0.1) is 11.8 Å². The van der Waals surface area contributed by atoms with Crippen LogP contribution in [0.3, 0.4) is 0 Å². The summed E-state index contributed by atoms with van der Waals surface area (Å²) in [5.74, 6) is -0.238. The van der Waals surface area contributed by atoms with Gasteiger partial charge in [-0.1, -0.05) is 36.2 Å². The fourth-order valence-electron chi connectivity index (χ4n) is 2.53. The van der Waals surface area contributed by atoms with Gasteiger partial charge in [0.25, 0.3) is 5.91 Å². The second kappa shape index (κ2) is 9.87. The molecule has 0 bridgehead atoms. The number of rotatable bonds is 7. The largest absolute Gasteiger partial charge is 0.459 e. The van der Waals surface area contributed by atoms with E-state index in [-0.39, 0.29) is 22.8 Å². The van der Waals surface area contributed by atoms with Gasteiger partial charge in [-0.3, -0.25) is 9.59 Å². The van der Waals surface area contributed by atoms with Crippen molar-refractivity contribution in [1.29, 1.82) is 0 Å². The molecule has 0 radical (unpaired) electrons. The van der Waals surface area contributed by atoms with Crippen molar-refractivity contribution in [2.24, 2.45) is 0 Å². The Morgan fingerprint density at radius 1 is 1.00 bits per heavy atom. The summed E-state index contributed by atoms with van der Waals surface area (Å²) in [6.45, 7) is 1.94. The van der Waals surface area contributed by atoms with Crippen molar-refractivity contribution in [2.75, 3.05) is 10.6 Å². The highest BCUT2D eigenvalue weighted by Gasteiger charge is 2.19. The summed E-state index contributed by atoms with van der Waals surface area (Å²) in [6.07, 6.45) is 2.07. The number of nitrogens with one attached hydrogen (secondary N) is 2. The van der Waals surface area contributed by atoms with Crippen molar-refractivity contribution in [3.8, 4) is 0 Å². The van der Waals surface area contributed by atoms with Crippen LogP contribution in [0, 0.1) is 0 Å². The van der Waals surface area contributed by atoms with Gasteiger partial charge in [-0.2, -0.15) is 0 Å². The molecule has 0 aliphatic heterocycles.